The third-order valence-electron chi connectivity index (χ3n) is 5.33. The highest BCUT2D eigenvalue weighted by atomic mass is 32.2. The summed E-state index contributed by atoms with van der Waals surface area (Å²) in [6, 6.07) is 16.3. The molecule has 0 fully saturated rings. The quantitative estimate of drug-likeness (QED) is 0.413. The lowest BCUT2D eigenvalue weighted by molar-refractivity contribution is 0.0959. The van der Waals surface area contributed by atoms with E-state index < -0.39 is 15.9 Å². The number of amides is 2. The molecule has 0 aliphatic heterocycles. The second kappa shape index (κ2) is 10.4. The third kappa shape index (κ3) is 5.71. The highest BCUT2D eigenvalue weighted by Gasteiger charge is 2.20. The summed E-state index contributed by atoms with van der Waals surface area (Å²) in [7, 11) is -3.94. The van der Waals surface area contributed by atoms with Gasteiger partial charge in [-0.05, 0) is 73.9 Å². The van der Waals surface area contributed by atoms with E-state index in [1.165, 1.54) is 6.07 Å². The Kier molecular flexibility index (Phi) is 7.53. The van der Waals surface area contributed by atoms with Gasteiger partial charge in [-0.3, -0.25) is 14.3 Å². The molecule has 0 aliphatic rings. The fraction of sp³-hybridized carbons (Fsp3) is 0.154. The average molecular weight is 478 g/mol. The number of aryl methyl sites for hydroxylation is 3. The van der Waals surface area contributed by atoms with Crippen LogP contribution in [0, 0.1) is 20.8 Å². The van der Waals surface area contributed by atoms with Gasteiger partial charge in [-0.25, -0.2) is 8.42 Å². The molecule has 0 unspecified atom stereocenters. The van der Waals surface area contributed by atoms with Crippen molar-refractivity contribution < 1.29 is 18.0 Å². The minimum Gasteiger partial charge on any atom is -0.349 e. The zero-order chi connectivity index (χ0) is 24.9. The molecule has 0 aliphatic carbocycles. The standard InChI is InChI=1S/C26H27N3O4S/c1-5-14-27-26(31)22-8-6-7-9-23(22)28-25(30)20-12-10-18(3)24(16-20)34(32,33)29-21-13-11-17(2)19(4)15-21/h5-13,15-16,29H,1,14H2,2-4H3,(H,27,31)(H,28,30). The number of rotatable bonds is 8. The van der Waals surface area contributed by atoms with Crippen LogP contribution < -0.4 is 15.4 Å². The van der Waals surface area contributed by atoms with Gasteiger partial charge in [0, 0.05) is 17.8 Å². The van der Waals surface area contributed by atoms with E-state index in [9.17, 15) is 18.0 Å². The molecular formula is C26H27N3O4S. The van der Waals surface area contributed by atoms with Crippen LogP contribution in [0.1, 0.15) is 37.4 Å². The molecular weight excluding hydrogens is 450 g/mol. The predicted octanol–water partition coefficient (Wildman–Crippen LogP) is 4.58. The van der Waals surface area contributed by atoms with Gasteiger partial charge in [-0.1, -0.05) is 30.3 Å². The van der Waals surface area contributed by atoms with Crippen LogP contribution in [-0.4, -0.2) is 26.8 Å². The van der Waals surface area contributed by atoms with Gasteiger partial charge in [0.15, 0.2) is 0 Å². The maximum Gasteiger partial charge on any atom is 0.262 e. The van der Waals surface area contributed by atoms with Crippen molar-refractivity contribution in [1.29, 1.82) is 0 Å². The second-order valence-electron chi connectivity index (χ2n) is 7.88. The van der Waals surface area contributed by atoms with E-state index in [2.05, 4.69) is 21.9 Å². The first-order valence-electron chi connectivity index (χ1n) is 10.6. The number of sulfonamides is 1. The molecule has 0 heterocycles. The Balaban J connectivity index is 1.87. The molecule has 3 rings (SSSR count). The van der Waals surface area contributed by atoms with E-state index in [1.54, 1.807) is 61.5 Å². The summed E-state index contributed by atoms with van der Waals surface area (Å²) in [5.41, 5.74) is 3.69. The number of anilines is 2. The van der Waals surface area contributed by atoms with Gasteiger partial charge in [0.2, 0.25) is 0 Å². The monoisotopic (exact) mass is 477 g/mol. The normalized spacial score (nSPS) is 10.9. The van der Waals surface area contributed by atoms with Crippen molar-refractivity contribution in [3.05, 3.63) is 101 Å². The van der Waals surface area contributed by atoms with Gasteiger partial charge >= 0.3 is 0 Å². The second-order valence-corrected chi connectivity index (χ2v) is 9.53. The molecule has 0 saturated carbocycles. The number of hydrogen-bond acceptors (Lipinski definition) is 4. The molecule has 34 heavy (non-hydrogen) atoms. The SMILES string of the molecule is C=CCNC(=O)c1ccccc1NC(=O)c1ccc(C)c(S(=O)(=O)Nc2ccc(C)c(C)c2)c1. The molecule has 2 amide bonds. The fourth-order valence-corrected chi connectivity index (χ4v) is 4.61. The van der Waals surface area contributed by atoms with Crippen molar-refractivity contribution in [1.82, 2.24) is 5.32 Å². The third-order valence-corrected chi connectivity index (χ3v) is 6.85. The molecule has 0 aromatic heterocycles. The number of carbonyl (C=O) groups excluding carboxylic acids is 2. The summed E-state index contributed by atoms with van der Waals surface area (Å²) in [6.45, 7) is 9.36. The van der Waals surface area contributed by atoms with E-state index in [-0.39, 0.29) is 28.5 Å². The summed E-state index contributed by atoms with van der Waals surface area (Å²) in [4.78, 5) is 25.3. The van der Waals surface area contributed by atoms with Crippen LogP contribution in [0.15, 0.2) is 78.2 Å². The lowest BCUT2D eigenvalue weighted by atomic mass is 10.1. The zero-order valence-electron chi connectivity index (χ0n) is 19.3. The van der Waals surface area contributed by atoms with Crippen molar-refractivity contribution in [2.75, 3.05) is 16.6 Å². The molecule has 3 aromatic rings. The van der Waals surface area contributed by atoms with Crippen LogP contribution in [0.2, 0.25) is 0 Å². The molecule has 8 heteroatoms. The molecule has 0 atom stereocenters. The average Bonchev–Trinajstić information content (AvgIpc) is 2.80. The van der Waals surface area contributed by atoms with Crippen LogP contribution in [-0.2, 0) is 10.0 Å². The first kappa shape index (κ1) is 24.7. The predicted molar refractivity (Wildman–Crippen MR) is 135 cm³/mol. The molecule has 0 spiro atoms. The minimum absolute atomic E-state index is 0.00427. The topological polar surface area (TPSA) is 104 Å². The first-order chi connectivity index (χ1) is 16.1. The molecule has 0 radical (unpaired) electrons. The zero-order valence-corrected chi connectivity index (χ0v) is 20.1. The van der Waals surface area contributed by atoms with E-state index in [4.69, 9.17) is 0 Å². The lowest BCUT2D eigenvalue weighted by Gasteiger charge is -2.14. The molecule has 3 aromatic carbocycles. The van der Waals surface area contributed by atoms with Crippen LogP contribution >= 0.6 is 0 Å². The van der Waals surface area contributed by atoms with Crippen LogP contribution in [0.3, 0.4) is 0 Å². The van der Waals surface area contributed by atoms with Crippen LogP contribution in [0.25, 0.3) is 0 Å². The molecule has 0 bridgehead atoms. The van der Waals surface area contributed by atoms with E-state index in [0.717, 1.165) is 11.1 Å². The fourth-order valence-electron chi connectivity index (χ4n) is 3.29. The van der Waals surface area contributed by atoms with Gasteiger partial charge in [-0.2, -0.15) is 0 Å². The minimum atomic E-state index is -3.94. The van der Waals surface area contributed by atoms with E-state index >= 15 is 0 Å². The van der Waals surface area contributed by atoms with Crippen LogP contribution in [0.4, 0.5) is 11.4 Å². The van der Waals surface area contributed by atoms with E-state index in [1.807, 2.05) is 19.9 Å². The van der Waals surface area contributed by atoms with Crippen molar-refractivity contribution in [2.24, 2.45) is 0 Å². The largest absolute Gasteiger partial charge is 0.349 e. The highest BCUT2D eigenvalue weighted by molar-refractivity contribution is 7.92. The first-order valence-corrected chi connectivity index (χ1v) is 12.1. The molecule has 3 N–H and O–H groups in total. The Morgan fingerprint density at radius 1 is 0.882 bits per heavy atom. The molecule has 7 nitrogen and oxygen atoms in total. The maximum absolute atomic E-state index is 13.1. The number of para-hydroxylation sites is 1. The lowest BCUT2D eigenvalue weighted by Crippen LogP contribution is -2.25. The number of benzene rings is 3. The van der Waals surface area contributed by atoms with Gasteiger partial charge < -0.3 is 10.6 Å². The summed E-state index contributed by atoms with van der Waals surface area (Å²) in [5.74, 6) is -0.896. The van der Waals surface area contributed by atoms with Crippen LogP contribution in [0.5, 0.6) is 0 Å². The van der Waals surface area contributed by atoms with Gasteiger partial charge in [-0.15, -0.1) is 6.58 Å². The summed E-state index contributed by atoms with van der Waals surface area (Å²) < 4.78 is 28.8. The Morgan fingerprint density at radius 3 is 2.29 bits per heavy atom. The van der Waals surface area contributed by atoms with E-state index in [0.29, 0.717) is 16.9 Å². The van der Waals surface area contributed by atoms with Crippen molar-refractivity contribution in [3.8, 4) is 0 Å². The van der Waals surface area contributed by atoms with Crippen molar-refractivity contribution in [2.45, 2.75) is 25.7 Å². The Labute approximate surface area is 200 Å². The number of hydrogen-bond donors (Lipinski definition) is 3. The Morgan fingerprint density at radius 2 is 1.59 bits per heavy atom. The number of carbonyl (C=O) groups is 2. The molecule has 176 valence electrons. The molecule has 0 saturated heterocycles. The summed E-state index contributed by atoms with van der Waals surface area (Å²) >= 11 is 0. The highest BCUT2D eigenvalue weighted by Crippen LogP contribution is 2.23. The van der Waals surface area contributed by atoms with Crippen molar-refractivity contribution in [3.63, 3.8) is 0 Å². The Hall–Kier alpha value is -3.91. The smallest absolute Gasteiger partial charge is 0.262 e. The number of nitrogens with one attached hydrogen (secondary N) is 3. The summed E-state index contributed by atoms with van der Waals surface area (Å²) in [6.07, 6.45) is 1.55. The van der Waals surface area contributed by atoms with Gasteiger partial charge in [0.25, 0.3) is 21.8 Å². The van der Waals surface area contributed by atoms with Gasteiger partial charge in [0.05, 0.1) is 16.1 Å². The van der Waals surface area contributed by atoms with Crippen molar-refractivity contribution >= 4 is 33.2 Å². The maximum atomic E-state index is 13.1. The summed E-state index contributed by atoms with van der Waals surface area (Å²) in [5, 5.41) is 5.38. The Bertz CT molecular complexity index is 1360. The van der Waals surface area contributed by atoms with Gasteiger partial charge in [0.1, 0.15) is 0 Å².